The summed E-state index contributed by atoms with van der Waals surface area (Å²) in [5, 5.41) is 14.3. The Balaban J connectivity index is 1.50. The number of anilines is 1. The highest BCUT2D eigenvalue weighted by Crippen LogP contribution is 2.50. The van der Waals surface area contributed by atoms with Crippen LogP contribution in [0.2, 0.25) is 30.7 Å². The van der Waals surface area contributed by atoms with E-state index < -0.39 is 25.6 Å². The van der Waals surface area contributed by atoms with Crippen molar-refractivity contribution in [1.82, 2.24) is 14.9 Å². The molecule has 2 aliphatic heterocycles. The molecule has 2 aromatic carbocycles. The van der Waals surface area contributed by atoms with Crippen LogP contribution in [0.5, 0.6) is 11.9 Å². The quantitative estimate of drug-likeness (QED) is 0.0896. The van der Waals surface area contributed by atoms with Crippen LogP contribution in [0, 0.1) is 17.1 Å². The van der Waals surface area contributed by atoms with Crippen molar-refractivity contribution in [2.45, 2.75) is 97.2 Å². The highest BCUT2D eigenvalue weighted by atomic mass is 35.5. The zero-order valence-corrected chi connectivity index (χ0v) is 33.4. The molecule has 0 saturated carbocycles. The maximum absolute atomic E-state index is 15.5. The van der Waals surface area contributed by atoms with Crippen LogP contribution < -0.4 is 14.8 Å². The number of nitrogens with one attached hydrogen (secondary N) is 1. The second kappa shape index (κ2) is 15.0. The number of carbonyl (C=O) groups excluding carboxylic acids is 1. The largest absolute Gasteiger partial charge is 0.459 e. The third-order valence-electron chi connectivity index (χ3n) is 9.22. The first kappa shape index (κ1) is 38.2. The number of carbonyl (C=O) groups is 1. The first-order chi connectivity index (χ1) is 24.6. The SMILES string of the molecule is C[C@H](Oc1nc(OCOCC[Si](C)(C)C)c2c3c(c(-c4ccc(F)c5sc(NC(=O)OC(C)(C)C)c(C#N)c45)c(Cl)c2n1)COC3)[C@@H]1CCCN1C. The number of hydrogen-bond donors (Lipinski definition) is 1. The fraction of sp³-hybridized carbons (Fsp3) is 0.514. The highest BCUT2D eigenvalue weighted by molar-refractivity contribution is 7.23. The van der Waals surface area contributed by atoms with E-state index in [1.807, 2.05) is 6.92 Å². The summed E-state index contributed by atoms with van der Waals surface area (Å²) < 4.78 is 45.6. The van der Waals surface area contributed by atoms with E-state index in [-0.39, 0.29) is 64.3 Å². The van der Waals surface area contributed by atoms with Gasteiger partial charge in [0.2, 0.25) is 5.88 Å². The number of nitriles is 1. The summed E-state index contributed by atoms with van der Waals surface area (Å²) in [7, 11) is 0.762. The molecule has 4 aromatic rings. The fourth-order valence-electron chi connectivity index (χ4n) is 6.70. The Kier molecular flexibility index (Phi) is 11.0. The van der Waals surface area contributed by atoms with Crippen molar-refractivity contribution >= 4 is 63.1 Å². The third kappa shape index (κ3) is 8.00. The van der Waals surface area contributed by atoms with Gasteiger partial charge < -0.3 is 23.7 Å². The van der Waals surface area contributed by atoms with E-state index in [0.29, 0.717) is 34.0 Å². The van der Waals surface area contributed by atoms with Gasteiger partial charge in [0.15, 0.2) is 6.79 Å². The first-order valence-electron chi connectivity index (χ1n) is 17.4. The molecule has 1 amide bonds. The average Bonchev–Trinajstić information content (AvgIpc) is 3.79. The summed E-state index contributed by atoms with van der Waals surface area (Å²) in [4.78, 5) is 24.6. The number of nitrogens with zero attached hydrogens (tertiary/aromatic N) is 4. The maximum atomic E-state index is 15.5. The Morgan fingerprint density at radius 2 is 1.98 bits per heavy atom. The Morgan fingerprint density at radius 3 is 2.65 bits per heavy atom. The molecule has 0 aliphatic carbocycles. The second-order valence-corrected chi connectivity index (χ2v) is 22.5. The van der Waals surface area contributed by atoms with E-state index in [2.05, 4.69) is 43.0 Å². The van der Waals surface area contributed by atoms with Crippen molar-refractivity contribution in [3.05, 3.63) is 39.7 Å². The van der Waals surface area contributed by atoms with Crippen molar-refractivity contribution in [3.8, 4) is 29.1 Å². The lowest BCUT2D eigenvalue weighted by Gasteiger charge is -2.26. The molecule has 15 heteroatoms. The van der Waals surface area contributed by atoms with Gasteiger partial charge >= 0.3 is 12.1 Å². The van der Waals surface area contributed by atoms with Crippen LogP contribution in [0.1, 0.15) is 57.2 Å². The van der Waals surface area contributed by atoms with Gasteiger partial charge in [0.05, 0.1) is 33.9 Å². The molecule has 0 unspecified atom stereocenters. The Labute approximate surface area is 313 Å². The summed E-state index contributed by atoms with van der Waals surface area (Å²) >= 11 is 8.32. The number of halogens is 2. The smallest absolute Gasteiger partial charge is 0.412 e. The summed E-state index contributed by atoms with van der Waals surface area (Å²) in [5.41, 5.74) is 2.22. The first-order valence-corrected chi connectivity index (χ1v) is 22.3. The van der Waals surface area contributed by atoms with Crippen molar-refractivity contribution < 1.29 is 32.9 Å². The zero-order chi connectivity index (χ0) is 37.5. The van der Waals surface area contributed by atoms with Crippen LogP contribution in [-0.2, 0) is 27.4 Å². The molecular formula is C37H45ClFN5O6SSi. The van der Waals surface area contributed by atoms with Crippen LogP contribution in [0.3, 0.4) is 0 Å². The van der Waals surface area contributed by atoms with Gasteiger partial charge in [0.1, 0.15) is 34.1 Å². The molecule has 278 valence electrons. The van der Waals surface area contributed by atoms with Gasteiger partial charge in [-0.1, -0.05) is 37.3 Å². The minimum absolute atomic E-state index is 0.0294. The molecule has 2 atom stereocenters. The second-order valence-electron chi connectivity index (χ2n) is 15.5. The molecular weight excluding hydrogens is 725 g/mol. The van der Waals surface area contributed by atoms with Crippen LogP contribution in [0.25, 0.3) is 32.1 Å². The fourth-order valence-corrected chi connectivity index (χ4v) is 8.87. The number of thiophene rings is 1. The molecule has 52 heavy (non-hydrogen) atoms. The molecule has 0 spiro atoms. The lowest BCUT2D eigenvalue weighted by atomic mass is 9.91. The number of likely N-dealkylation sites (N-methyl/N-ethyl adjacent to an activating group) is 1. The molecule has 0 bridgehead atoms. The van der Waals surface area contributed by atoms with E-state index in [1.54, 1.807) is 26.8 Å². The standard InChI is InChI=1S/C37H45ClFN5O6SSi/c1-20(26-10-9-13-44(26)5)49-35-41-31-29(33(42-35)48-19-46-14-15-52(6,7)8)24-18-47-17-23(24)27(30(31)38)21-11-12-25(39)32-28(21)22(16-40)34(51-32)43-36(45)50-37(2,3)4/h11-12,20,26H,9-10,13-15,17-19H2,1-8H3,(H,43,45)/t20-,26-/m0/s1. The van der Waals surface area contributed by atoms with Crippen LogP contribution in [0.15, 0.2) is 12.1 Å². The normalized spacial score (nSPS) is 17.0. The van der Waals surface area contributed by atoms with Gasteiger partial charge in [-0.3, -0.25) is 10.2 Å². The molecule has 4 heterocycles. The molecule has 1 fully saturated rings. The Hall–Kier alpha value is -3.58. The lowest BCUT2D eigenvalue weighted by molar-refractivity contribution is 0.0194. The van der Waals surface area contributed by atoms with Crippen LogP contribution in [0.4, 0.5) is 14.2 Å². The van der Waals surface area contributed by atoms with Gasteiger partial charge in [0.25, 0.3) is 0 Å². The third-order valence-corrected chi connectivity index (χ3v) is 12.4. The molecule has 2 aliphatic rings. The van der Waals surface area contributed by atoms with Crippen LogP contribution in [-0.4, -0.2) is 73.8 Å². The minimum Gasteiger partial charge on any atom is -0.459 e. The van der Waals surface area contributed by atoms with Gasteiger partial charge in [-0.15, -0.1) is 11.3 Å². The van der Waals surface area contributed by atoms with E-state index in [0.717, 1.165) is 47.9 Å². The van der Waals surface area contributed by atoms with Gasteiger partial charge in [0, 0.05) is 31.7 Å². The topological polar surface area (TPSA) is 128 Å². The number of hydrogen-bond acceptors (Lipinski definition) is 11. The van der Waals surface area contributed by atoms with Crippen molar-refractivity contribution in [1.29, 1.82) is 5.26 Å². The number of benzene rings is 2. The molecule has 2 aromatic heterocycles. The number of amides is 1. The summed E-state index contributed by atoms with van der Waals surface area (Å²) in [6, 6.07) is 6.37. The van der Waals surface area contributed by atoms with E-state index in [4.69, 9.17) is 45.3 Å². The molecule has 11 nitrogen and oxygen atoms in total. The van der Waals surface area contributed by atoms with Crippen molar-refractivity contribution in [3.63, 3.8) is 0 Å². The average molecular weight is 770 g/mol. The Morgan fingerprint density at radius 1 is 1.23 bits per heavy atom. The van der Waals surface area contributed by atoms with Crippen LogP contribution >= 0.6 is 22.9 Å². The monoisotopic (exact) mass is 769 g/mol. The van der Waals surface area contributed by atoms with E-state index >= 15 is 4.39 Å². The number of aromatic nitrogens is 2. The molecule has 1 N–H and O–H groups in total. The highest BCUT2D eigenvalue weighted by Gasteiger charge is 2.33. The summed E-state index contributed by atoms with van der Waals surface area (Å²) in [6.07, 6.45) is 1.09. The lowest BCUT2D eigenvalue weighted by Crippen LogP contribution is -2.38. The molecule has 6 rings (SSSR count). The number of ether oxygens (including phenoxy) is 5. The van der Waals surface area contributed by atoms with Gasteiger partial charge in [-0.25, -0.2) is 9.18 Å². The Bertz CT molecular complexity index is 2060. The van der Waals surface area contributed by atoms with E-state index in [9.17, 15) is 10.1 Å². The predicted molar refractivity (Wildman–Crippen MR) is 204 cm³/mol. The molecule has 1 saturated heterocycles. The van der Waals surface area contributed by atoms with Gasteiger partial charge in [-0.05, 0) is 82.9 Å². The van der Waals surface area contributed by atoms with Crippen molar-refractivity contribution in [2.24, 2.45) is 0 Å². The molecule has 0 radical (unpaired) electrons. The number of likely N-dealkylation sites (tertiary alicyclic amines) is 1. The number of fused-ring (bicyclic) bond motifs is 4. The minimum atomic E-state index is -1.32. The van der Waals surface area contributed by atoms with Gasteiger partial charge in [-0.2, -0.15) is 15.2 Å². The zero-order valence-electron chi connectivity index (χ0n) is 30.9. The number of rotatable bonds is 11. The van der Waals surface area contributed by atoms with E-state index in [1.165, 1.54) is 6.07 Å². The summed E-state index contributed by atoms with van der Waals surface area (Å²) in [6.45, 7) is 16.0. The summed E-state index contributed by atoms with van der Waals surface area (Å²) in [5.74, 6) is -0.285. The van der Waals surface area contributed by atoms with Crippen molar-refractivity contribution in [2.75, 3.05) is 32.3 Å². The predicted octanol–water partition coefficient (Wildman–Crippen LogP) is 9.11. The maximum Gasteiger partial charge on any atom is 0.412 e.